The topological polar surface area (TPSA) is 70.9 Å². The highest BCUT2D eigenvalue weighted by Gasteiger charge is 2.15. The number of aromatic carboxylic acids is 1. The Hall–Kier alpha value is -3.08. The van der Waals surface area contributed by atoms with Crippen molar-refractivity contribution < 1.29 is 9.90 Å². The molecule has 2 aromatic heterocycles. The van der Waals surface area contributed by atoms with Gasteiger partial charge in [0.05, 0.1) is 5.69 Å². The molecule has 0 radical (unpaired) electrons. The van der Waals surface area contributed by atoms with Crippen molar-refractivity contribution in [3.05, 3.63) is 54.2 Å². The van der Waals surface area contributed by atoms with E-state index in [1.807, 2.05) is 18.2 Å². The normalized spacial score (nSPS) is 11.6. The molecule has 0 saturated heterocycles. The number of hydrogen-bond acceptors (Lipinski definition) is 2. The summed E-state index contributed by atoms with van der Waals surface area (Å²) in [5, 5.41) is 18.1. The average molecular weight is 319 g/mol. The van der Waals surface area contributed by atoms with E-state index in [9.17, 15) is 4.79 Å². The van der Waals surface area contributed by atoms with Gasteiger partial charge in [-0.25, -0.2) is 4.79 Å². The summed E-state index contributed by atoms with van der Waals surface area (Å²) in [6, 6.07) is 16.4. The van der Waals surface area contributed by atoms with Crippen LogP contribution in [-0.2, 0) is 0 Å². The second-order valence-corrected chi connectivity index (χ2v) is 6.18. The van der Waals surface area contributed by atoms with Crippen LogP contribution in [0.2, 0.25) is 0 Å². The SMILES string of the molecule is CC(C)n1c2ccccc2c2cc(-c3cc(C(=O)O)[nH]n3)ccc21. The van der Waals surface area contributed by atoms with Crippen molar-refractivity contribution in [2.75, 3.05) is 0 Å². The molecule has 0 aliphatic carbocycles. The Balaban J connectivity index is 1.98. The van der Waals surface area contributed by atoms with E-state index in [2.05, 4.69) is 52.9 Å². The van der Waals surface area contributed by atoms with Crippen LogP contribution in [0.15, 0.2) is 48.5 Å². The van der Waals surface area contributed by atoms with Crippen molar-refractivity contribution in [3.63, 3.8) is 0 Å². The number of carboxylic acid groups (broad SMARTS) is 1. The van der Waals surface area contributed by atoms with Crippen molar-refractivity contribution >= 4 is 27.8 Å². The molecule has 0 saturated carbocycles. The molecule has 2 aromatic carbocycles. The van der Waals surface area contributed by atoms with E-state index in [1.54, 1.807) is 6.07 Å². The zero-order valence-electron chi connectivity index (χ0n) is 13.4. The lowest BCUT2D eigenvalue weighted by molar-refractivity contribution is 0.0690. The lowest BCUT2D eigenvalue weighted by atomic mass is 10.1. The van der Waals surface area contributed by atoms with Crippen molar-refractivity contribution in [1.82, 2.24) is 14.8 Å². The molecule has 0 bridgehead atoms. The van der Waals surface area contributed by atoms with Gasteiger partial charge in [-0.2, -0.15) is 5.10 Å². The molecule has 120 valence electrons. The first-order chi connectivity index (χ1) is 11.6. The predicted molar refractivity (Wildman–Crippen MR) is 94.4 cm³/mol. The van der Waals surface area contributed by atoms with E-state index in [1.165, 1.54) is 16.4 Å². The number of aromatic amines is 1. The van der Waals surface area contributed by atoms with Gasteiger partial charge in [0.2, 0.25) is 0 Å². The summed E-state index contributed by atoms with van der Waals surface area (Å²) in [6.07, 6.45) is 0. The minimum Gasteiger partial charge on any atom is -0.477 e. The van der Waals surface area contributed by atoms with Gasteiger partial charge in [-0.05, 0) is 38.1 Å². The smallest absolute Gasteiger partial charge is 0.353 e. The molecular formula is C19H17N3O2. The van der Waals surface area contributed by atoms with Gasteiger partial charge in [-0.1, -0.05) is 24.3 Å². The van der Waals surface area contributed by atoms with E-state index in [0.29, 0.717) is 11.7 Å². The fourth-order valence-electron chi connectivity index (χ4n) is 3.30. The summed E-state index contributed by atoms with van der Waals surface area (Å²) in [4.78, 5) is 11.0. The van der Waals surface area contributed by atoms with Gasteiger partial charge in [-0.3, -0.25) is 5.10 Å². The van der Waals surface area contributed by atoms with Crippen LogP contribution in [0, 0.1) is 0 Å². The third kappa shape index (κ3) is 2.09. The number of hydrogen-bond donors (Lipinski definition) is 2. The molecule has 4 aromatic rings. The van der Waals surface area contributed by atoms with E-state index < -0.39 is 5.97 Å². The van der Waals surface area contributed by atoms with E-state index in [4.69, 9.17) is 5.11 Å². The molecule has 0 aliphatic heterocycles. The summed E-state index contributed by atoms with van der Waals surface area (Å²) < 4.78 is 2.32. The molecule has 0 fully saturated rings. The molecule has 0 aliphatic rings. The fraction of sp³-hybridized carbons (Fsp3) is 0.158. The molecule has 0 unspecified atom stereocenters. The number of carbonyl (C=O) groups is 1. The summed E-state index contributed by atoms with van der Waals surface area (Å²) in [5.74, 6) is -1.01. The van der Waals surface area contributed by atoms with E-state index in [0.717, 1.165) is 10.9 Å². The number of rotatable bonds is 3. The maximum absolute atomic E-state index is 11.0. The molecule has 0 spiro atoms. The van der Waals surface area contributed by atoms with Crippen molar-refractivity contribution in [1.29, 1.82) is 0 Å². The van der Waals surface area contributed by atoms with Gasteiger partial charge in [0.25, 0.3) is 0 Å². The van der Waals surface area contributed by atoms with Gasteiger partial charge in [0, 0.05) is 33.4 Å². The van der Waals surface area contributed by atoms with Crippen LogP contribution in [-0.4, -0.2) is 25.8 Å². The average Bonchev–Trinajstić information content (AvgIpc) is 3.17. The zero-order valence-corrected chi connectivity index (χ0v) is 13.4. The van der Waals surface area contributed by atoms with Crippen LogP contribution in [0.1, 0.15) is 30.4 Å². The number of benzene rings is 2. The highest BCUT2D eigenvalue weighted by Crippen LogP contribution is 2.34. The lowest BCUT2D eigenvalue weighted by Crippen LogP contribution is -1.99. The Morgan fingerprint density at radius 3 is 2.54 bits per heavy atom. The third-order valence-electron chi connectivity index (χ3n) is 4.33. The van der Waals surface area contributed by atoms with Crippen LogP contribution in [0.25, 0.3) is 33.1 Å². The first-order valence-corrected chi connectivity index (χ1v) is 7.88. The first-order valence-electron chi connectivity index (χ1n) is 7.88. The summed E-state index contributed by atoms with van der Waals surface area (Å²) in [7, 11) is 0. The van der Waals surface area contributed by atoms with Gasteiger partial charge in [0.15, 0.2) is 0 Å². The van der Waals surface area contributed by atoms with Gasteiger partial charge in [-0.15, -0.1) is 0 Å². The molecule has 5 nitrogen and oxygen atoms in total. The van der Waals surface area contributed by atoms with Crippen molar-refractivity contribution in [3.8, 4) is 11.3 Å². The van der Waals surface area contributed by atoms with Crippen LogP contribution in [0.3, 0.4) is 0 Å². The Kier molecular flexibility index (Phi) is 3.16. The molecule has 0 atom stereocenters. The molecule has 24 heavy (non-hydrogen) atoms. The maximum Gasteiger partial charge on any atom is 0.353 e. The molecule has 0 amide bonds. The van der Waals surface area contributed by atoms with Crippen molar-refractivity contribution in [2.24, 2.45) is 0 Å². The number of H-pyrrole nitrogens is 1. The Bertz CT molecular complexity index is 1070. The fourth-order valence-corrected chi connectivity index (χ4v) is 3.30. The van der Waals surface area contributed by atoms with Gasteiger partial charge in [0.1, 0.15) is 5.69 Å². The molecule has 4 rings (SSSR count). The Labute approximate surface area is 138 Å². The second kappa shape index (κ2) is 5.23. The number of nitrogens with zero attached hydrogens (tertiary/aromatic N) is 2. The molecular weight excluding hydrogens is 302 g/mol. The van der Waals surface area contributed by atoms with Gasteiger partial charge < -0.3 is 9.67 Å². The van der Waals surface area contributed by atoms with Crippen LogP contribution in [0.5, 0.6) is 0 Å². The second-order valence-electron chi connectivity index (χ2n) is 6.18. The highest BCUT2D eigenvalue weighted by molar-refractivity contribution is 6.09. The summed E-state index contributed by atoms with van der Waals surface area (Å²) in [6.45, 7) is 4.35. The zero-order chi connectivity index (χ0) is 16.8. The van der Waals surface area contributed by atoms with Crippen LogP contribution >= 0.6 is 0 Å². The minimum absolute atomic E-state index is 0.0923. The number of para-hydroxylation sites is 1. The molecule has 2 N–H and O–H groups in total. The number of fused-ring (bicyclic) bond motifs is 3. The molecule has 5 heteroatoms. The summed E-state index contributed by atoms with van der Waals surface area (Å²) >= 11 is 0. The van der Waals surface area contributed by atoms with Crippen LogP contribution < -0.4 is 0 Å². The molecule has 2 heterocycles. The minimum atomic E-state index is -1.01. The maximum atomic E-state index is 11.0. The van der Waals surface area contributed by atoms with Gasteiger partial charge >= 0.3 is 5.97 Å². The van der Waals surface area contributed by atoms with Crippen molar-refractivity contribution in [2.45, 2.75) is 19.9 Å². The predicted octanol–water partition coefficient (Wildman–Crippen LogP) is 4.46. The number of aromatic nitrogens is 3. The highest BCUT2D eigenvalue weighted by atomic mass is 16.4. The van der Waals surface area contributed by atoms with Crippen LogP contribution in [0.4, 0.5) is 0 Å². The van der Waals surface area contributed by atoms with E-state index >= 15 is 0 Å². The first kappa shape index (κ1) is 14.5. The third-order valence-corrected chi connectivity index (χ3v) is 4.33. The Morgan fingerprint density at radius 2 is 1.83 bits per heavy atom. The quantitative estimate of drug-likeness (QED) is 0.585. The summed E-state index contributed by atoms with van der Waals surface area (Å²) in [5.41, 5.74) is 4.00. The lowest BCUT2D eigenvalue weighted by Gasteiger charge is -2.11. The number of nitrogens with one attached hydrogen (secondary N) is 1. The largest absolute Gasteiger partial charge is 0.477 e. The monoisotopic (exact) mass is 319 g/mol. The van der Waals surface area contributed by atoms with E-state index in [-0.39, 0.29) is 5.69 Å². The Morgan fingerprint density at radius 1 is 1.08 bits per heavy atom. The standard InChI is InChI=1S/C19H17N3O2/c1-11(2)22-17-6-4-3-5-13(17)14-9-12(7-8-18(14)22)15-10-16(19(23)24)21-20-15/h3-11H,1-2H3,(H,20,21)(H,23,24). The number of carboxylic acids is 1.